The number of aromatic nitrogens is 3. The number of nitrogens with zero attached hydrogens (tertiary/aromatic N) is 3. The molecule has 8 heteroatoms. The maximum atomic E-state index is 12.7. The molecule has 0 saturated heterocycles. The van der Waals surface area contributed by atoms with Crippen LogP contribution in [0.4, 0.5) is 11.4 Å². The van der Waals surface area contributed by atoms with Gasteiger partial charge in [0.25, 0.3) is 0 Å². The maximum absolute atomic E-state index is 12.7. The molecule has 1 aliphatic rings. The van der Waals surface area contributed by atoms with Crippen molar-refractivity contribution in [3.05, 3.63) is 84.4 Å². The fourth-order valence-corrected chi connectivity index (χ4v) is 5.36. The molecule has 0 unspecified atom stereocenters. The van der Waals surface area contributed by atoms with Gasteiger partial charge in [0.05, 0.1) is 5.75 Å². The molecule has 0 bridgehead atoms. The fourth-order valence-electron chi connectivity index (χ4n) is 4.77. The predicted molar refractivity (Wildman–Crippen MR) is 156 cm³/mol. The number of hydrogen-bond acceptors (Lipinski definition) is 6. The molecular formula is C31H31N5O2S. The third-order valence-corrected chi connectivity index (χ3v) is 7.68. The number of carbonyl (C=O) groups excluding carboxylic acids is 2. The number of amides is 2. The Morgan fingerprint density at radius 1 is 0.821 bits per heavy atom. The molecular weight excluding hydrogens is 506 g/mol. The van der Waals surface area contributed by atoms with E-state index in [0.717, 1.165) is 53.8 Å². The smallest absolute Gasteiger partial charge is 0.234 e. The summed E-state index contributed by atoms with van der Waals surface area (Å²) in [5.74, 6) is 0.151. The van der Waals surface area contributed by atoms with Gasteiger partial charge in [-0.3, -0.25) is 9.59 Å². The van der Waals surface area contributed by atoms with E-state index in [1.54, 1.807) is 0 Å². The fraction of sp³-hybridized carbons (Fsp3) is 0.258. The van der Waals surface area contributed by atoms with Crippen molar-refractivity contribution in [2.24, 2.45) is 5.92 Å². The predicted octanol–water partition coefficient (Wildman–Crippen LogP) is 6.76. The minimum Gasteiger partial charge on any atom is -0.326 e. The normalized spacial score (nSPS) is 13.6. The molecule has 39 heavy (non-hydrogen) atoms. The summed E-state index contributed by atoms with van der Waals surface area (Å²) in [5.41, 5.74) is 5.65. The van der Waals surface area contributed by atoms with Crippen LogP contribution in [0, 0.1) is 12.8 Å². The highest BCUT2D eigenvalue weighted by Gasteiger charge is 2.21. The number of anilines is 2. The van der Waals surface area contributed by atoms with Crippen molar-refractivity contribution in [1.29, 1.82) is 0 Å². The molecule has 7 nitrogen and oxygen atoms in total. The van der Waals surface area contributed by atoms with E-state index in [9.17, 15) is 9.59 Å². The summed E-state index contributed by atoms with van der Waals surface area (Å²) in [6.07, 6.45) is 5.36. The average molecular weight is 538 g/mol. The Hall–Kier alpha value is -4.04. The number of nitrogens with one attached hydrogen (secondary N) is 2. The zero-order valence-corrected chi connectivity index (χ0v) is 22.7. The first kappa shape index (κ1) is 26.6. The third-order valence-electron chi connectivity index (χ3n) is 6.84. The quantitative estimate of drug-likeness (QED) is 0.241. The second-order valence-electron chi connectivity index (χ2n) is 9.71. The van der Waals surface area contributed by atoms with Gasteiger partial charge in [-0.1, -0.05) is 91.7 Å². The van der Waals surface area contributed by atoms with Crippen LogP contribution in [0.1, 0.15) is 37.7 Å². The number of hydrogen-bond donors (Lipinski definition) is 2. The number of aryl methyl sites for hydroxylation is 1. The lowest BCUT2D eigenvalue weighted by Gasteiger charge is -2.21. The van der Waals surface area contributed by atoms with Crippen LogP contribution in [-0.4, -0.2) is 32.7 Å². The molecule has 0 spiro atoms. The van der Waals surface area contributed by atoms with Crippen LogP contribution in [0.5, 0.6) is 0 Å². The van der Waals surface area contributed by atoms with Crippen LogP contribution in [0.2, 0.25) is 0 Å². The lowest BCUT2D eigenvalue weighted by molar-refractivity contribution is -0.120. The van der Waals surface area contributed by atoms with E-state index < -0.39 is 0 Å². The van der Waals surface area contributed by atoms with Crippen molar-refractivity contribution in [3.63, 3.8) is 0 Å². The Morgan fingerprint density at radius 2 is 1.49 bits per heavy atom. The van der Waals surface area contributed by atoms with Gasteiger partial charge in [-0.05, 0) is 43.5 Å². The second-order valence-corrected chi connectivity index (χ2v) is 10.7. The monoisotopic (exact) mass is 537 g/mol. The van der Waals surface area contributed by atoms with E-state index in [0.29, 0.717) is 16.5 Å². The van der Waals surface area contributed by atoms with Crippen LogP contribution in [-0.2, 0) is 9.59 Å². The molecule has 5 rings (SSSR count). The molecule has 4 aromatic rings. The van der Waals surface area contributed by atoms with Gasteiger partial charge in [0.1, 0.15) is 11.4 Å². The summed E-state index contributed by atoms with van der Waals surface area (Å²) in [6.45, 7) is 1.93. The molecule has 1 aliphatic carbocycles. The molecule has 0 atom stereocenters. The summed E-state index contributed by atoms with van der Waals surface area (Å²) in [7, 11) is 0. The van der Waals surface area contributed by atoms with Gasteiger partial charge in [0.2, 0.25) is 17.0 Å². The van der Waals surface area contributed by atoms with E-state index in [-0.39, 0.29) is 23.5 Å². The maximum Gasteiger partial charge on any atom is 0.234 e. The van der Waals surface area contributed by atoms with Gasteiger partial charge >= 0.3 is 0 Å². The molecule has 198 valence electrons. The first-order valence-electron chi connectivity index (χ1n) is 13.3. The molecule has 1 saturated carbocycles. The molecule has 3 aromatic carbocycles. The Balaban J connectivity index is 1.23. The lowest BCUT2D eigenvalue weighted by atomic mass is 9.88. The molecule has 1 aromatic heterocycles. The zero-order valence-electron chi connectivity index (χ0n) is 21.9. The SMILES string of the molecule is Cc1cc(NC(=O)CSc2nnc(-c3ccccc3)c(-c3ccccc3)n2)ccc1NC(=O)C1CCCCC1. The second kappa shape index (κ2) is 12.7. The van der Waals surface area contributed by atoms with E-state index in [2.05, 4.69) is 20.8 Å². The number of rotatable bonds is 8. The van der Waals surface area contributed by atoms with Crippen molar-refractivity contribution >= 4 is 35.0 Å². The van der Waals surface area contributed by atoms with Crippen molar-refractivity contribution < 1.29 is 9.59 Å². The summed E-state index contributed by atoms with van der Waals surface area (Å²) >= 11 is 1.24. The van der Waals surface area contributed by atoms with Crippen LogP contribution in [0.3, 0.4) is 0 Å². The number of thioether (sulfide) groups is 1. The highest BCUT2D eigenvalue weighted by molar-refractivity contribution is 7.99. The third kappa shape index (κ3) is 6.89. The highest BCUT2D eigenvalue weighted by Crippen LogP contribution is 2.30. The topological polar surface area (TPSA) is 96.9 Å². The first-order valence-corrected chi connectivity index (χ1v) is 14.2. The first-order chi connectivity index (χ1) is 19.1. The summed E-state index contributed by atoms with van der Waals surface area (Å²) in [6, 6.07) is 25.2. The van der Waals surface area contributed by atoms with Gasteiger partial charge in [0, 0.05) is 28.4 Å². The molecule has 1 heterocycles. The average Bonchev–Trinajstić information content (AvgIpc) is 2.98. The minimum atomic E-state index is -0.171. The minimum absolute atomic E-state index is 0.0905. The Kier molecular flexibility index (Phi) is 8.63. The molecule has 2 N–H and O–H groups in total. The highest BCUT2D eigenvalue weighted by atomic mass is 32.2. The van der Waals surface area contributed by atoms with Gasteiger partial charge in [-0.2, -0.15) is 0 Å². The molecule has 1 fully saturated rings. The molecule has 0 radical (unpaired) electrons. The lowest BCUT2D eigenvalue weighted by Crippen LogP contribution is -2.25. The summed E-state index contributed by atoms with van der Waals surface area (Å²) in [5, 5.41) is 15.2. The van der Waals surface area contributed by atoms with E-state index >= 15 is 0 Å². The van der Waals surface area contributed by atoms with Crippen molar-refractivity contribution in [2.75, 3.05) is 16.4 Å². The standard InChI is InChI=1S/C31H31N5O2S/c1-21-19-25(17-18-26(21)33-30(38)24-15-9-4-10-16-24)32-27(37)20-39-31-34-28(22-11-5-2-6-12-22)29(35-36-31)23-13-7-3-8-14-23/h2-3,5-8,11-14,17-19,24H,4,9-10,15-16,20H2,1H3,(H,32,37)(H,33,38). The van der Waals surface area contributed by atoms with E-state index in [1.165, 1.54) is 18.2 Å². The summed E-state index contributed by atoms with van der Waals surface area (Å²) in [4.78, 5) is 30.1. The van der Waals surface area contributed by atoms with Crippen molar-refractivity contribution in [3.8, 4) is 22.5 Å². The number of benzene rings is 3. The molecule has 0 aliphatic heterocycles. The van der Waals surface area contributed by atoms with Gasteiger partial charge in [-0.25, -0.2) is 4.98 Å². The van der Waals surface area contributed by atoms with Crippen molar-refractivity contribution in [1.82, 2.24) is 15.2 Å². The Bertz CT molecular complexity index is 1440. The zero-order chi connectivity index (χ0) is 27.0. The molecule has 2 amide bonds. The Labute approximate surface area is 232 Å². The van der Waals surface area contributed by atoms with Gasteiger partial charge < -0.3 is 10.6 Å². The van der Waals surface area contributed by atoms with Crippen LogP contribution < -0.4 is 10.6 Å². The van der Waals surface area contributed by atoms with Gasteiger partial charge in [-0.15, -0.1) is 10.2 Å². The van der Waals surface area contributed by atoms with Crippen molar-refractivity contribution in [2.45, 2.75) is 44.2 Å². The Morgan fingerprint density at radius 3 is 2.15 bits per heavy atom. The van der Waals surface area contributed by atoms with Gasteiger partial charge in [0.15, 0.2) is 0 Å². The van der Waals surface area contributed by atoms with E-state index in [4.69, 9.17) is 4.98 Å². The van der Waals surface area contributed by atoms with Crippen LogP contribution >= 0.6 is 11.8 Å². The largest absolute Gasteiger partial charge is 0.326 e. The van der Waals surface area contributed by atoms with E-state index in [1.807, 2.05) is 85.8 Å². The number of carbonyl (C=O) groups is 2. The van der Waals surface area contributed by atoms with Crippen LogP contribution in [0.15, 0.2) is 84.0 Å². The van der Waals surface area contributed by atoms with Crippen LogP contribution in [0.25, 0.3) is 22.5 Å². The summed E-state index contributed by atoms with van der Waals surface area (Å²) < 4.78 is 0.